The van der Waals surface area contributed by atoms with Gasteiger partial charge in [0.15, 0.2) is 0 Å². The van der Waals surface area contributed by atoms with E-state index in [4.69, 9.17) is 0 Å². The van der Waals surface area contributed by atoms with E-state index in [-0.39, 0.29) is 0 Å². The summed E-state index contributed by atoms with van der Waals surface area (Å²) in [6, 6.07) is 10.6. The third kappa shape index (κ3) is 2.60. The molecule has 1 aliphatic carbocycles. The van der Waals surface area contributed by atoms with Gasteiger partial charge in [0.2, 0.25) is 0 Å². The molecule has 0 saturated carbocycles. The maximum absolute atomic E-state index is 3.49. The van der Waals surface area contributed by atoms with Crippen LogP contribution in [0, 0.1) is 5.92 Å². The highest BCUT2D eigenvalue weighted by atomic mass is 79.9. The summed E-state index contributed by atoms with van der Waals surface area (Å²) in [6.07, 6.45) is 8.44. The zero-order valence-electron chi connectivity index (χ0n) is 8.70. The Morgan fingerprint density at radius 3 is 2.67 bits per heavy atom. The van der Waals surface area contributed by atoms with Gasteiger partial charge < -0.3 is 0 Å². The van der Waals surface area contributed by atoms with E-state index in [1.807, 2.05) is 0 Å². The molecule has 0 amide bonds. The summed E-state index contributed by atoms with van der Waals surface area (Å²) < 4.78 is 0. The Morgan fingerprint density at radius 2 is 2.07 bits per heavy atom. The predicted molar refractivity (Wildman–Crippen MR) is 69.8 cm³/mol. The van der Waals surface area contributed by atoms with Crippen molar-refractivity contribution < 1.29 is 0 Å². The third-order valence-electron chi connectivity index (χ3n) is 2.88. The summed E-state index contributed by atoms with van der Waals surface area (Å²) in [5.74, 6) is 0.584. The first kappa shape index (κ1) is 10.7. The lowest BCUT2D eigenvalue weighted by Crippen LogP contribution is -2.03. The molecule has 0 radical (unpaired) electrons. The maximum atomic E-state index is 3.49. The standard InChI is InChI=1S/C14H15Br/c15-11-14(12-7-3-1-4-8-12)13-9-5-2-6-10-13/h1,3-5,7-9,11,13H,2,6,10H2/b14-11-. The van der Waals surface area contributed by atoms with Gasteiger partial charge in [-0.2, -0.15) is 0 Å². The van der Waals surface area contributed by atoms with E-state index in [9.17, 15) is 0 Å². The van der Waals surface area contributed by atoms with Gasteiger partial charge in [-0.3, -0.25) is 0 Å². The minimum atomic E-state index is 0.584. The first-order valence-electron chi connectivity index (χ1n) is 5.44. The van der Waals surface area contributed by atoms with Crippen LogP contribution in [-0.2, 0) is 0 Å². The largest absolute Gasteiger partial charge is 0.0879 e. The molecule has 0 aromatic heterocycles. The van der Waals surface area contributed by atoms with E-state index in [0.717, 1.165) is 0 Å². The van der Waals surface area contributed by atoms with Crippen molar-refractivity contribution in [1.82, 2.24) is 0 Å². The molecule has 1 atom stereocenters. The first-order valence-corrected chi connectivity index (χ1v) is 6.36. The molecule has 1 heteroatoms. The lowest BCUT2D eigenvalue weighted by atomic mass is 9.86. The molecule has 1 aromatic carbocycles. The molecule has 0 nitrogen and oxygen atoms in total. The fraction of sp³-hybridized carbons (Fsp3) is 0.286. The van der Waals surface area contributed by atoms with Gasteiger partial charge in [-0.15, -0.1) is 0 Å². The molecule has 78 valence electrons. The zero-order chi connectivity index (χ0) is 10.5. The Hall–Kier alpha value is -0.820. The SMILES string of the molecule is Br/C=C(/c1ccccc1)C1C=CCCC1. The fourth-order valence-electron chi connectivity index (χ4n) is 2.06. The monoisotopic (exact) mass is 262 g/mol. The maximum Gasteiger partial charge on any atom is 0.00291 e. The third-order valence-corrected chi connectivity index (χ3v) is 3.37. The molecule has 0 aliphatic heterocycles. The summed E-state index contributed by atoms with van der Waals surface area (Å²) >= 11 is 3.49. The molecule has 0 heterocycles. The van der Waals surface area contributed by atoms with E-state index in [0.29, 0.717) is 5.92 Å². The van der Waals surface area contributed by atoms with Crippen LogP contribution < -0.4 is 0 Å². The predicted octanol–water partition coefficient (Wildman–Crippen LogP) is 4.78. The van der Waals surface area contributed by atoms with Crippen LogP contribution >= 0.6 is 15.9 Å². The van der Waals surface area contributed by atoms with E-state index in [1.54, 1.807) is 0 Å². The van der Waals surface area contributed by atoms with E-state index in [2.05, 4.69) is 63.4 Å². The molecular formula is C14H15Br. The van der Waals surface area contributed by atoms with E-state index in [1.165, 1.54) is 30.4 Å². The van der Waals surface area contributed by atoms with Crippen LogP contribution in [0.1, 0.15) is 24.8 Å². The van der Waals surface area contributed by atoms with Crippen molar-refractivity contribution in [2.45, 2.75) is 19.3 Å². The number of hydrogen-bond acceptors (Lipinski definition) is 0. The first-order chi connectivity index (χ1) is 7.42. The number of benzene rings is 1. The number of halogens is 1. The summed E-state index contributed by atoms with van der Waals surface area (Å²) in [4.78, 5) is 2.07. The van der Waals surface area contributed by atoms with Gasteiger partial charge in [-0.1, -0.05) is 58.4 Å². The van der Waals surface area contributed by atoms with Crippen LogP contribution in [0.2, 0.25) is 0 Å². The van der Waals surface area contributed by atoms with Gasteiger partial charge >= 0.3 is 0 Å². The van der Waals surface area contributed by atoms with Gasteiger partial charge in [0.1, 0.15) is 0 Å². The normalized spacial score (nSPS) is 21.7. The second-order valence-corrected chi connectivity index (χ2v) is 4.35. The van der Waals surface area contributed by atoms with Gasteiger partial charge in [0.25, 0.3) is 0 Å². The van der Waals surface area contributed by atoms with Gasteiger partial charge in [-0.05, 0) is 35.4 Å². The van der Waals surface area contributed by atoms with Crippen molar-refractivity contribution in [3.63, 3.8) is 0 Å². The second-order valence-electron chi connectivity index (χ2n) is 3.90. The molecule has 15 heavy (non-hydrogen) atoms. The molecule has 0 bridgehead atoms. The van der Waals surface area contributed by atoms with Crippen molar-refractivity contribution in [2.24, 2.45) is 5.92 Å². The number of allylic oxidation sites excluding steroid dienone is 3. The van der Waals surface area contributed by atoms with Crippen molar-refractivity contribution in [2.75, 3.05) is 0 Å². The fourth-order valence-corrected chi connectivity index (χ4v) is 2.66. The topological polar surface area (TPSA) is 0 Å². The van der Waals surface area contributed by atoms with Crippen LogP contribution in [0.15, 0.2) is 47.5 Å². The zero-order valence-corrected chi connectivity index (χ0v) is 10.3. The molecule has 0 spiro atoms. The number of rotatable bonds is 2. The molecule has 2 rings (SSSR count). The van der Waals surface area contributed by atoms with E-state index < -0.39 is 0 Å². The Kier molecular flexibility index (Phi) is 3.79. The Labute approximate surface area is 99.8 Å². The highest BCUT2D eigenvalue weighted by molar-refractivity contribution is 9.11. The van der Waals surface area contributed by atoms with Crippen molar-refractivity contribution in [3.8, 4) is 0 Å². The molecule has 0 fully saturated rings. The van der Waals surface area contributed by atoms with Crippen molar-refractivity contribution in [1.29, 1.82) is 0 Å². The van der Waals surface area contributed by atoms with Crippen LogP contribution in [0.3, 0.4) is 0 Å². The minimum Gasteiger partial charge on any atom is -0.0879 e. The quantitative estimate of drug-likeness (QED) is 0.673. The Bertz CT molecular complexity index is 362. The molecular weight excluding hydrogens is 248 g/mol. The summed E-state index contributed by atoms with van der Waals surface area (Å²) in [7, 11) is 0. The highest BCUT2D eigenvalue weighted by Crippen LogP contribution is 2.32. The lowest BCUT2D eigenvalue weighted by molar-refractivity contribution is 0.643. The lowest BCUT2D eigenvalue weighted by Gasteiger charge is -2.19. The minimum absolute atomic E-state index is 0.584. The molecule has 0 N–H and O–H groups in total. The molecule has 1 aromatic rings. The summed E-state index contributed by atoms with van der Waals surface area (Å²) in [6.45, 7) is 0. The highest BCUT2D eigenvalue weighted by Gasteiger charge is 2.14. The van der Waals surface area contributed by atoms with Crippen LogP contribution in [0.25, 0.3) is 5.57 Å². The van der Waals surface area contributed by atoms with Gasteiger partial charge in [0.05, 0.1) is 0 Å². The van der Waals surface area contributed by atoms with Crippen LogP contribution in [0.4, 0.5) is 0 Å². The average molecular weight is 263 g/mol. The smallest absolute Gasteiger partial charge is 0.00291 e. The molecule has 1 aliphatic rings. The Balaban J connectivity index is 2.25. The Morgan fingerprint density at radius 1 is 1.27 bits per heavy atom. The summed E-state index contributed by atoms with van der Waals surface area (Å²) in [5.41, 5.74) is 2.72. The summed E-state index contributed by atoms with van der Waals surface area (Å²) in [5, 5.41) is 0. The molecule has 1 unspecified atom stereocenters. The van der Waals surface area contributed by atoms with Crippen molar-refractivity contribution in [3.05, 3.63) is 53.0 Å². The van der Waals surface area contributed by atoms with Gasteiger partial charge in [-0.25, -0.2) is 0 Å². The average Bonchev–Trinajstić information content (AvgIpc) is 2.33. The van der Waals surface area contributed by atoms with Crippen LogP contribution in [-0.4, -0.2) is 0 Å². The van der Waals surface area contributed by atoms with Crippen LogP contribution in [0.5, 0.6) is 0 Å². The second kappa shape index (κ2) is 5.32. The van der Waals surface area contributed by atoms with Crippen molar-refractivity contribution >= 4 is 21.5 Å². The van der Waals surface area contributed by atoms with Gasteiger partial charge in [0, 0.05) is 5.92 Å². The number of hydrogen-bond donors (Lipinski definition) is 0. The van der Waals surface area contributed by atoms with E-state index >= 15 is 0 Å². The molecule has 0 saturated heterocycles.